The predicted octanol–water partition coefficient (Wildman–Crippen LogP) is 0.166. The number of aromatic hydroxyl groups is 1. The molecule has 0 saturated heterocycles. The maximum Gasteiger partial charge on any atom is 0.228 e. The van der Waals surface area contributed by atoms with E-state index in [1.807, 2.05) is 6.07 Å². The van der Waals surface area contributed by atoms with Gasteiger partial charge in [0.15, 0.2) is 5.75 Å². The molecule has 0 aliphatic rings. The van der Waals surface area contributed by atoms with Gasteiger partial charge >= 0.3 is 0 Å². The first-order valence-electron chi connectivity index (χ1n) is 5.67. The first-order chi connectivity index (χ1) is 9.49. The van der Waals surface area contributed by atoms with Crippen LogP contribution in [-0.4, -0.2) is 34.6 Å². The van der Waals surface area contributed by atoms with Gasteiger partial charge in [0.1, 0.15) is 18.7 Å². The van der Waals surface area contributed by atoms with E-state index in [-0.39, 0.29) is 33.6 Å². The van der Waals surface area contributed by atoms with Crippen molar-refractivity contribution in [1.29, 1.82) is 5.26 Å². The molecule has 3 N–H and O–H groups in total. The highest BCUT2D eigenvalue weighted by atomic mass is 16.5. The Bertz CT molecular complexity index is 687. The van der Waals surface area contributed by atoms with Gasteiger partial charge in [-0.2, -0.15) is 15.3 Å². The molecule has 8 nitrogen and oxygen atoms in total. The molecule has 0 saturated carbocycles. The van der Waals surface area contributed by atoms with Gasteiger partial charge in [0, 0.05) is 6.92 Å². The summed E-state index contributed by atoms with van der Waals surface area (Å²) in [5.74, 6) is 0.305. The summed E-state index contributed by atoms with van der Waals surface area (Å²) in [5, 5.41) is 32.5. The standard InChI is InChI=1S/C12H12N4O4/c1-6-14-12(15-20-6)7-4-9(19-3)11(17)10(16(2)18)8(7)5-13/h4,17-18H,1-3H3/p+1. The van der Waals surface area contributed by atoms with Crippen molar-refractivity contribution in [2.75, 3.05) is 14.2 Å². The lowest BCUT2D eigenvalue weighted by Crippen LogP contribution is -3.01. The Balaban J connectivity index is 2.80. The molecule has 1 unspecified atom stereocenters. The largest absolute Gasteiger partial charge is 0.500 e. The molecule has 0 spiro atoms. The van der Waals surface area contributed by atoms with Crippen molar-refractivity contribution in [2.24, 2.45) is 0 Å². The Morgan fingerprint density at radius 3 is 2.65 bits per heavy atom. The lowest BCUT2D eigenvalue weighted by atomic mass is 10.0. The molecule has 2 aromatic rings. The summed E-state index contributed by atoms with van der Waals surface area (Å²) in [6, 6.07) is 3.35. The van der Waals surface area contributed by atoms with Crippen LogP contribution in [0.5, 0.6) is 11.5 Å². The van der Waals surface area contributed by atoms with Gasteiger partial charge in [-0.25, -0.2) is 5.21 Å². The van der Waals surface area contributed by atoms with Crippen molar-refractivity contribution in [1.82, 2.24) is 10.1 Å². The van der Waals surface area contributed by atoms with E-state index in [0.29, 0.717) is 11.5 Å². The molecule has 0 fully saturated rings. The van der Waals surface area contributed by atoms with Crippen LogP contribution in [0.1, 0.15) is 11.5 Å². The Labute approximate surface area is 114 Å². The van der Waals surface area contributed by atoms with Gasteiger partial charge in [-0.05, 0) is 6.07 Å². The Morgan fingerprint density at radius 2 is 2.20 bits per heavy atom. The Kier molecular flexibility index (Phi) is 3.56. The topological polar surface area (TPSA) is 117 Å². The smallest absolute Gasteiger partial charge is 0.228 e. The lowest BCUT2D eigenvalue weighted by Gasteiger charge is -2.13. The monoisotopic (exact) mass is 277 g/mol. The molecule has 20 heavy (non-hydrogen) atoms. The fourth-order valence-corrected chi connectivity index (χ4v) is 1.86. The van der Waals surface area contributed by atoms with Gasteiger partial charge < -0.3 is 14.4 Å². The number of rotatable bonds is 3. The van der Waals surface area contributed by atoms with Crippen LogP contribution in [-0.2, 0) is 0 Å². The number of quaternary nitrogens is 1. The van der Waals surface area contributed by atoms with Crippen LogP contribution in [0, 0.1) is 18.3 Å². The van der Waals surface area contributed by atoms with E-state index >= 15 is 0 Å². The van der Waals surface area contributed by atoms with E-state index < -0.39 is 0 Å². The summed E-state index contributed by atoms with van der Waals surface area (Å²) in [7, 11) is 2.73. The number of nitrogens with zero attached hydrogens (tertiary/aromatic N) is 3. The molecule has 1 aromatic carbocycles. The van der Waals surface area contributed by atoms with E-state index in [9.17, 15) is 15.6 Å². The highest BCUT2D eigenvalue weighted by molar-refractivity contribution is 5.77. The summed E-state index contributed by atoms with van der Waals surface area (Å²) >= 11 is 0. The molecule has 1 heterocycles. The van der Waals surface area contributed by atoms with Gasteiger partial charge in [-0.1, -0.05) is 5.16 Å². The van der Waals surface area contributed by atoms with E-state index in [1.54, 1.807) is 6.92 Å². The molecule has 8 heteroatoms. The molecule has 1 aromatic heterocycles. The van der Waals surface area contributed by atoms with Crippen molar-refractivity contribution in [3.05, 3.63) is 17.5 Å². The number of ether oxygens (including phenoxy) is 1. The molecule has 0 aliphatic carbocycles. The number of aromatic nitrogens is 2. The first-order valence-corrected chi connectivity index (χ1v) is 5.67. The number of phenolic OH excluding ortho intramolecular Hbond substituents is 1. The number of methoxy groups -OCH3 is 1. The average Bonchev–Trinajstić information content (AvgIpc) is 2.84. The number of nitrogens with one attached hydrogen (secondary N) is 1. The number of aryl methyl sites for hydroxylation is 1. The summed E-state index contributed by atoms with van der Waals surface area (Å²) in [4.78, 5) is 4.04. The number of benzene rings is 1. The van der Waals surface area contributed by atoms with Crippen LogP contribution >= 0.6 is 0 Å². The highest BCUT2D eigenvalue weighted by Crippen LogP contribution is 2.39. The molecule has 1 atom stereocenters. The van der Waals surface area contributed by atoms with Gasteiger partial charge in [-0.15, -0.1) is 0 Å². The van der Waals surface area contributed by atoms with Crippen molar-refractivity contribution in [3.63, 3.8) is 0 Å². The zero-order valence-corrected chi connectivity index (χ0v) is 11.1. The first kappa shape index (κ1) is 13.8. The van der Waals surface area contributed by atoms with Crippen LogP contribution in [0.15, 0.2) is 10.6 Å². The molecule has 2 rings (SSSR count). The number of nitriles is 1. The van der Waals surface area contributed by atoms with E-state index in [1.165, 1.54) is 20.2 Å². The van der Waals surface area contributed by atoms with Crippen molar-refractivity contribution in [2.45, 2.75) is 6.92 Å². The molecular weight excluding hydrogens is 264 g/mol. The minimum Gasteiger partial charge on any atom is -0.500 e. The summed E-state index contributed by atoms with van der Waals surface area (Å²) < 4.78 is 9.91. The van der Waals surface area contributed by atoms with Crippen LogP contribution in [0.3, 0.4) is 0 Å². The second-order valence-electron chi connectivity index (χ2n) is 4.06. The number of phenols is 1. The average molecular weight is 277 g/mol. The molecular formula is C12H13N4O4+. The summed E-state index contributed by atoms with van der Waals surface area (Å²) in [6.45, 7) is 1.62. The fourth-order valence-electron chi connectivity index (χ4n) is 1.86. The maximum atomic E-state index is 10.0. The maximum absolute atomic E-state index is 10.0. The molecule has 0 radical (unpaired) electrons. The Morgan fingerprint density at radius 1 is 1.50 bits per heavy atom. The summed E-state index contributed by atoms with van der Waals surface area (Å²) in [5.41, 5.74) is 0.343. The van der Waals surface area contributed by atoms with Gasteiger partial charge in [0.2, 0.25) is 23.2 Å². The highest BCUT2D eigenvalue weighted by Gasteiger charge is 2.27. The molecule has 0 bridgehead atoms. The quantitative estimate of drug-likeness (QED) is 0.540. The van der Waals surface area contributed by atoms with E-state index in [0.717, 1.165) is 0 Å². The Hall–Kier alpha value is -2.63. The van der Waals surface area contributed by atoms with E-state index in [4.69, 9.17) is 9.26 Å². The van der Waals surface area contributed by atoms with Crippen molar-refractivity contribution in [3.8, 4) is 29.0 Å². The van der Waals surface area contributed by atoms with Crippen LogP contribution in [0.4, 0.5) is 5.69 Å². The normalized spacial score (nSPS) is 11.9. The third kappa shape index (κ3) is 2.16. The predicted molar refractivity (Wildman–Crippen MR) is 65.7 cm³/mol. The van der Waals surface area contributed by atoms with Crippen molar-refractivity contribution < 1.29 is 24.6 Å². The van der Waals surface area contributed by atoms with Gasteiger partial charge in [0.05, 0.1) is 12.7 Å². The molecule has 104 valence electrons. The summed E-state index contributed by atoms with van der Waals surface area (Å²) in [6.07, 6.45) is 0. The van der Waals surface area contributed by atoms with Crippen LogP contribution < -0.4 is 9.80 Å². The zero-order valence-electron chi connectivity index (χ0n) is 11.1. The number of hydrogen-bond donors (Lipinski definition) is 3. The SMILES string of the molecule is COc1cc(-c2noc(C)n2)c(C#N)c([NH+](C)O)c1O. The van der Waals surface area contributed by atoms with Crippen LogP contribution in [0.2, 0.25) is 0 Å². The second-order valence-corrected chi connectivity index (χ2v) is 4.06. The number of hydroxylamine groups is 1. The fraction of sp³-hybridized carbons (Fsp3) is 0.250. The number of hydrogen-bond acceptors (Lipinski definition) is 7. The minimum absolute atomic E-state index is 0.00990. The van der Waals surface area contributed by atoms with Gasteiger partial charge in [-0.3, -0.25) is 0 Å². The van der Waals surface area contributed by atoms with E-state index in [2.05, 4.69) is 10.1 Å². The lowest BCUT2D eigenvalue weighted by molar-refractivity contribution is -1.02. The van der Waals surface area contributed by atoms with Crippen LogP contribution in [0.25, 0.3) is 11.4 Å². The van der Waals surface area contributed by atoms with Gasteiger partial charge in [0.25, 0.3) is 0 Å². The third-order valence-corrected chi connectivity index (χ3v) is 2.73. The third-order valence-electron chi connectivity index (χ3n) is 2.73. The van der Waals surface area contributed by atoms with Crippen molar-refractivity contribution >= 4 is 5.69 Å². The minimum atomic E-state index is -0.312. The molecule has 0 amide bonds. The zero-order chi connectivity index (χ0) is 14.9. The second kappa shape index (κ2) is 5.16. The molecule has 0 aliphatic heterocycles.